The second-order valence-electron chi connectivity index (χ2n) is 4.85. The van der Waals surface area contributed by atoms with Crippen LogP contribution in [0.5, 0.6) is 5.88 Å². The Morgan fingerprint density at radius 1 is 1.50 bits per heavy atom. The van der Waals surface area contributed by atoms with E-state index in [0.29, 0.717) is 0 Å². The Morgan fingerprint density at radius 3 is 2.94 bits per heavy atom. The highest BCUT2D eigenvalue weighted by atomic mass is 16.5. The molecule has 1 aromatic heterocycles. The van der Waals surface area contributed by atoms with Crippen molar-refractivity contribution in [1.29, 1.82) is 0 Å². The van der Waals surface area contributed by atoms with Crippen LogP contribution in [0.1, 0.15) is 24.4 Å². The van der Waals surface area contributed by atoms with E-state index in [1.54, 1.807) is 6.20 Å². The maximum absolute atomic E-state index is 6.32. The van der Waals surface area contributed by atoms with Crippen molar-refractivity contribution < 1.29 is 4.74 Å². The maximum Gasteiger partial charge on any atom is 0.218 e. The summed E-state index contributed by atoms with van der Waals surface area (Å²) in [5.74, 6) is 0.736. The molecule has 4 nitrogen and oxygen atoms in total. The molecule has 1 aromatic rings. The van der Waals surface area contributed by atoms with Crippen LogP contribution in [0.3, 0.4) is 0 Å². The van der Waals surface area contributed by atoms with Gasteiger partial charge in [0.1, 0.15) is 5.60 Å². The fourth-order valence-corrected chi connectivity index (χ4v) is 2.67. The first-order valence-electron chi connectivity index (χ1n) is 5.79. The lowest BCUT2D eigenvalue weighted by Gasteiger charge is -2.39. The van der Waals surface area contributed by atoms with Crippen molar-refractivity contribution >= 4 is 0 Å². The molecule has 4 heteroatoms. The fraction of sp³-hybridized carbons (Fsp3) is 0.583. The molecule has 16 heavy (non-hydrogen) atoms. The molecule has 1 spiro atoms. The third-order valence-corrected chi connectivity index (χ3v) is 3.84. The molecule has 0 aliphatic carbocycles. The molecule has 1 unspecified atom stereocenters. The van der Waals surface area contributed by atoms with Crippen LogP contribution in [0.15, 0.2) is 18.3 Å². The number of hydrogen-bond donors (Lipinski definition) is 1. The number of hydrogen-bond acceptors (Lipinski definition) is 4. The van der Waals surface area contributed by atoms with Crippen molar-refractivity contribution in [3.63, 3.8) is 0 Å². The van der Waals surface area contributed by atoms with Crippen molar-refractivity contribution in [3.8, 4) is 5.88 Å². The van der Waals surface area contributed by atoms with E-state index in [1.165, 1.54) is 0 Å². The van der Waals surface area contributed by atoms with Crippen molar-refractivity contribution in [2.75, 3.05) is 20.1 Å². The number of nitrogens with zero attached hydrogens (tertiary/aromatic N) is 2. The lowest BCUT2D eigenvalue weighted by atomic mass is 9.83. The molecule has 3 rings (SSSR count). The highest BCUT2D eigenvalue weighted by Crippen LogP contribution is 2.45. The first-order chi connectivity index (χ1) is 7.71. The molecule has 0 saturated carbocycles. The Balaban J connectivity index is 1.91. The maximum atomic E-state index is 6.32. The van der Waals surface area contributed by atoms with E-state index in [0.717, 1.165) is 37.4 Å². The van der Waals surface area contributed by atoms with E-state index in [2.05, 4.69) is 16.9 Å². The Hall–Kier alpha value is -1.13. The van der Waals surface area contributed by atoms with E-state index >= 15 is 0 Å². The monoisotopic (exact) mass is 219 g/mol. The number of pyridine rings is 1. The Labute approximate surface area is 95.4 Å². The molecule has 0 amide bonds. The smallest absolute Gasteiger partial charge is 0.218 e. The fourth-order valence-electron chi connectivity index (χ4n) is 2.67. The van der Waals surface area contributed by atoms with Gasteiger partial charge in [-0.25, -0.2) is 4.98 Å². The second kappa shape index (κ2) is 3.43. The SMILES string of the molecule is CN1CCC2(CC1)Oc1ncccc1C2N. The number of likely N-dealkylation sites (tertiary alicyclic amines) is 1. The van der Waals surface area contributed by atoms with Crippen LogP contribution in [0, 0.1) is 0 Å². The normalized spacial score (nSPS) is 27.8. The summed E-state index contributed by atoms with van der Waals surface area (Å²) in [6.45, 7) is 2.09. The lowest BCUT2D eigenvalue weighted by Crippen LogP contribution is -2.50. The van der Waals surface area contributed by atoms with Gasteiger partial charge in [0.25, 0.3) is 0 Å². The molecule has 1 atom stereocenters. The van der Waals surface area contributed by atoms with Gasteiger partial charge in [0.15, 0.2) is 0 Å². The lowest BCUT2D eigenvalue weighted by molar-refractivity contribution is 0.00498. The van der Waals surface area contributed by atoms with E-state index in [9.17, 15) is 0 Å². The topological polar surface area (TPSA) is 51.4 Å². The van der Waals surface area contributed by atoms with Crippen LogP contribution in [0.4, 0.5) is 0 Å². The number of aromatic nitrogens is 1. The quantitative estimate of drug-likeness (QED) is 0.705. The summed E-state index contributed by atoms with van der Waals surface area (Å²) >= 11 is 0. The van der Waals surface area contributed by atoms with Crippen molar-refractivity contribution in [2.24, 2.45) is 5.73 Å². The summed E-state index contributed by atoms with van der Waals surface area (Å²) < 4.78 is 6.03. The third-order valence-electron chi connectivity index (χ3n) is 3.84. The molecule has 3 heterocycles. The van der Waals surface area contributed by atoms with Gasteiger partial charge in [-0.1, -0.05) is 6.07 Å². The van der Waals surface area contributed by atoms with Gasteiger partial charge >= 0.3 is 0 Å². The number of nitrogens with two attached hydrogens (primary N) is 1. The van der Waals surface area contributed by atoms with E-state index in [1.807, 2.05) is 12.1 Å². The van der Waals surface area contributed by atoms with Gasteiger partial charge in [-0.2, -0.15) is 0 Å². The molecular formula is C12H17N3O. The van der Waals surface area contributed by atoms with E-state index in [-0.39, 0.29) is 11.6 Å². The molecular weight excluding hydrogens is 202 g/mol. The van der Waals surface area contributed by atoms with Gasteiger partial charge in [-0.15, -0.1) is 0 Å². The highest BCUT2D eigenvalue weighted by Gasteiger charge is 2.48. The number of piperidine rings is 1. The average Bonchev–Trinajstić information content (AvgIpc) is 2.58. The van der Waals surface area contributed by atoms with Crippen LogP contribution in [-0.4, -0.2) is 35.6 Å². The van der Waals surface area contributed by atoms with E-state index in [4.69, 9.17) is 10.5 Å². The zero-order chi connectivity index (χ0) is 11.2. The Morgan fingerprint density at radius 2 is 2.25 bits per heavy atom. The number of ether oxygens (including phenoxy) is 1. The predicted octanol–water partition coefficient (Wildman–Crippen LogP) is 0.938. The Kier molecular flexibility index (Phi) is 2.16. The first kappa shape index (κ1) is 10.1. The third kappa shape index (κ3) is 1.33. The molecule has 1 saturated heterocycles. The highest BCUT2D eigenvalue weighted by molar-refractivity contribution is 5.37. The second-order valence-corrected chi connectivity index (χ2v) is 4.85. The largest absolute Gasteiger partial charge is 0.469 e. The van der Waals surface area contributed by atoms with Crippen LogP contribution < -0.4 is 10.5 Å². The minimum Gasteiger partial charge on any atom is -0.469 e. The molecule has 86 valence electrons. The van der Waals surface area contributed by atoms with Gasteiger partial charge in [-0.05, 0) is 13.1 Å². The summed E-state index contributed by atoms with van der Waals surface area (Å²) in [4.78, 5) is 6.58. The zero-order valence-corrected chi connectivity index (χ0v) is 9.52. The molecule has 0 radical (unpaired) electrons. The summed E-state index contributed by atoms with van der Waals surface area (Å²) in [7, 11) is 2.14. The predicted molar refractivity (Wildman–Crippen MR) is 61.3 cm³/mol. The Bertz CT molecular complexity index is 399. The summed E-state index contributed by atoms with van der Waals surface area (Å²) in [6.07, 6.45) is 3.74. The van der Waals surface area contributed by atoms with Crippen molar-refractivity contribution in [2.45, 2.75) is 24.5 Å². The zero-order valence-electron chi connectivity index (χ0n) is 9.52. The summed E-state index contributed by atoms with van der Waals surface area (Å²) in [5.41, 5.74) is 7.17. The van der Waals surface area contributed by atoms with Gasteiger partial charge in [0.2, 0.25) is 5.88 Å². The molecule has 0 aromatic carbocycles. The molecule has 2 N–H and O–H groups in total. The van der Waals surface area contributed by atoms with E-state index < -0.39 is 0 Å². The van der Waals surface area contributed by atoms with Gasteiger partial charge in [0.05, 0.1) is 6.04 Å². The molecule has 0 bridgehead atoms. The standard InChI is InChI=1S/C12H17N3O/c1-15-7-4-12(5-8-15)10(13)9-3-2-6-14-11(9)16-12/h2-3,6,10H,4-5,7-8,13H2,1H3. The number of fused-ring (bicyclic) bond motifs is 1. The van der Waals surface area contributed by atoms with Crippen molar-refractivity contribution in [3.05, 3.63) is 23.9 Å². The average molecular weight is 219 g/mol. The molecule has 2 aliphatic heterocycles. The molecule has 2 aliphatic rings. The van der Waals surface area contributed by atoms with Gasteiger partial charge < -0.3 is 15.4 Å². The van der Waals surface area contributed by atoms with Crippen LogP contribution >= 0.6 is 0 Å². The first-order valence-corrected chi connectivity index (χ1v) is 5.79. The minimum absolute atomic E-state index is 0.0232. The van der Waals surface area contributed by atoms with Gasteiger partial charge in [0, 0.05) is 37.7 Å². The summed E-state index contributed by atoms with van der Waals surface area (Å²) in [6, 6.07) is 3.93. The molecule has 1 fully saturated rings. The van der Waals surface area contributed by atoms with Crippen LogP contribution in [-0.2, 0) is 0 Å². The summed E-state index contributed by atoms with van der Waals surface area (Å²) in [5, 5.41) is 0. The van der Waals surface area contributed by atoms with Crippen LogP contribution in [0.25, 0.3) is 0 Å². The van der Waals surface area contributed by atoms with Crippen LogP contribution in [0.2, 0.25) is 0 Å². The van der Waals surface area contributed by atoms with Gasteiger partial charge in [-0.3, -0.25) is 0 Å². The minimum atomic E-state index is -0.205. The van der Waals surface area contributed by atoms with Crippen molar-refractivity contribution in [1.82, 2.24) is 9.88 Å². The number of rotatable bonds is 0.